The van der Waals surface area contributed by atoms with Crippen molar-refractivity contribution in [3.05, 3.63) is 72.0 Å². The van der Waals surface area contributed by atoms with Gasteiger partial charge in [0, 0.05) is 12.1 Å². The van der Waals surface area contributed by atoms with Crippen molar-refractivity contribution in [2.24, 2.45) is 0 Å². The average Bonchev–Trinajstić information content (AvgIpc) is 2.74. The molecule has 28 heavy (non-hydrogen) atoms. The van der Waals surface area contributed by atoms with Gasteiger partial charge in [0.2, 0.25) is 0 Å². The van der Waals surface area contributed by atoms with Gasteiger partial charge in [-0.3, -0.25) is 0 Å². The van der Waals surface area contributed by atoms with E-state index in [1.54, 1.807) is 6.07 Å². The summed E-state index contributed by atoms with van der Waals surface area (Å²) < 4.78 is 35.4. The van der Waals surface area contributed by atoms with E-state index < -0.39 is 11.8 Å². The summed E-state index contributed by atoms with van der Waals surface area (Å²) in [7, 11) is 4.33. The third kappa shape index (κ3) is 3.91. The Labute approximate surface area is 162 Å². The number of hydrogen-bond donors (Lipinski definition) is 0. The molecule has 0 N–H and O–H groups in total. The maximum atomic E-state index is 14.5. The number of esters is 1. The molecule has 0 aliphatic rings. The lowest BCUT2D eigenvalue weighted by Gasteiger charge is -2.14. The summed E-state index contributed by atoms with van der Waals surface area (Å²) in [5.41, 5.74) is 1.63. The van der Waals surface area contributed by atoms with E-state index in [4.69, 9.17) is 18.9 Å². The molecule has 144 valence electrons. The summed E-state index contributed by atoms with van der Waals surface area (Å²) in [6.07, 6.45) is 0. The normalized spacial score (nSPS) is 10.3. The van der Waals surface area contributed by atoms with Crippen LogP contribution in [0.5, 0.6) is 23.0 Å². The molecule has 3 aromatic rings. The highest BCUT2D eigenvalue weighted by Gasteiger charge is 2.21. The van der Waals surface area contributed by atoms with Crippen molar-refractivity contribution in [1.29, 1.82) is 0 Å². The molecule has 6 heteroatoms. The minimum Gasteiger partial charge on any atom is -0.496 e. The number of hydrogen-bond acceptors (Lipinski definition) is 5. The van der Waals surface area contributed by atoms with Crippen LogP contribution in [-0.4, -0.2) is 27.3 Å². The molecule has 0 saturated heterocycles. The summed E-state index contributed by atoms with van der Waals surface area (Å²) >= 11 is 0. The maximum Gasteiger partial charge on any atom is 0.347 e. The number of carbonyl (C=O) groups excluding carboxylic acids is 1. The van der Waals surface area contributed by atoms with Gasteiger partial charge in [0.15, 0.2) is 23.1 Å². The molecule has 0 saturated carbocycles. The summed E-state index contributed by atoms with van der Waals surface area (Å²) in [6.45, 7) is 0. The SMILES string of the molecule is COc1cc(OC)c(C(=O)Oc2ccc(-c3ccccc3)cc2F)cc1OC. The van der Waals surface area contributed by atoms with Crippen molar-refractivity contribution < 1.29 is 28.1 Å². The van der Waals surface area contributed by atoms with Crippen LogP contribution < -0.4 is 18.9 Å². The van der Waals surface area contributed by atoms with Crippen molar-refractivity contribution in [2.45, 2.75) is 0 Å². The van der Waals surface area contributed by atoms with E-state index in [-0.39, 0.29) is 17.1 Å². The van der Waals surface area contributed by atoms with Crippen LogP contribution in [0.2, 0.25) is 0 Å². The molecule has 5 nitrogen and oxygen atoms in total. The molecule has 0 spiro atoms. The number of benzene rings is 3. The molecule has 0 unspecified atom stereocenters. The first-order valence-electron chi connectivity index (χ1n) is 8.44. The topological polar surface area (TPSA) is 54.0 Å². The van der Waals surface area contributed by atoms with Gasteiger partial charge in [-0.2, -0.15) is 0 Å². The van der Waals surface area contributed by atoms with E-state index in [1.807, 2.05) is 30.3 Å². The fraction of sp³-hybridized carbons (Fsp3) is 0.136. The highest BCUT2D eigenvalue weighted by molar-refractivity contribution is 5.95. The second-order valence-corrected chi connectivity index (χ2v) is 5.81. The van der Waals surface area contributed by atoms with E-state index >= 15 is 0 Å². The zero-order valence-electron chi connectivity index (χ0n) is 15.7. The lowest BCUT2D eigenvalue weighted by Crippen LogP contribution is -2.12. The van der Waals surface area contributed by atoms with Gasteiger partial charge in [-0.25, -0.2) is 9.18 Å². The standard InChI is InChI=1S/C22H19FO5/c1-25-19-13-21(27-3)20(26-2)12-16(19)22(24)28-18-10-9-15(11-17(18)23)14-7-5-4-6-8-14/h4-13H,1-3H3. The molecule has 0 atom stereocenters. The third-order valence-corrected chi connectivity index (χ3v) is 4.17. The van der Waals surface area contributed by atoms with Gasteiger partial charge < -0.3 is 18.9 Å². The molecular formula is C22H19FO5. The van der Waals surface area contributed by atoms with Crippen molar-refractivity contribution in [3.63, 3.8) is 0 Å². The third-order valence-electron chi connectivity index (χ3n) is 4.17. The second-order valence-electron chi connectivity index (χ2n) is 5.81. The first kappa shape index (κ1) is 19.2. The van der Waals surface area contributed by atoms with Crippen LogP contribution >= 0.6 is 0 Å². The van der Waals surface area contributed by atoms with Crippen LogP contribution in [0.4, 0.5) is 4.39 Å². The number of carbonyl (C=O) groups is 1. The zero-order chi connectivity index (χ0) is 20.1. The van der Waals surface area contributed by atoms with Gasteiger partial charge in [0.25, 0.3) is 0 Å². The van der Waals surface area contributed by atoms with Gasteiger partial charge in [0.1, 0.15) is 11.3 Å². The fourth-order valence-corrected chi connectivity index (χ4v) is 2.74. The molecule has 3 aromatic carbocycles. The summed E-state index contributed by atoms with van der Waals surface area (Å²) in [5, 5.41) is 0. The van der Waals surface area contributed by atoms with Crippen molar-refractivity contribution in [1.82, 2.24) is 0 Å². The molecule has 0 aromatic heterocycles. The van der Waals surface area contributed by atoms with E-state index in [0.717, 1.165) is 5.56 Å². The Balaban J connectivity index is 1.89. The van der Waals surface area contributed by atoms with E-state index in [2.05, 4.69) is 0 Å². The Morgan fingerprint density at radius 3 is 1.96 bits per heavy atom. The Kier molecular flexibility index (Phi) is 5.79. The fourth-order valence-electron chi connectivity index (χ4n) is 2.74. The van der Waals surface area contributed by atoms with E-state index in [1.165, 1.54) is 45.6 Å². The Morgan fingerprint density at radius 2 is 1.36 bits per heavy atom. The Hall–Kier alpha value is -3.54. The van der Waals surface area contributed by atoms with Crippen LogP contribution in [0.15, 0.2) is 60.7 Å². The molecule has 0 bridgehead atoms. The van der Waals surface area contributed by atoms with Gasteiger partial charge in [0.05, 0.1) is 21.3 Å². The van der Waals surface area contributed by atoms with Crippen molar-refractivity contribution >= 4 is 5.97 Å². The number of methoxy groups -OCH3 is 3. The molecule has 0 aliphatic heterocycles. The van der Waals surface area contributed by atoms with Crippen LogP contribution in [0.25, 0.3) is 11.1 Å². The summed E-state index contributed by atoms with van der Waals surface area (Å²) in [6, 6.07) is 16.7. The van der Waals surface area contributed by atoms with Gasteiger partial charge in [-0.05, 0) is 23.3 Å². The summed E-state index contributed by atoms with van der Waals surface area (Å²) in [5.74, 6) is -0.645. The molecule has 0 fully saturated rings. The van der Waals surface area contributed by atoms with Crippen molar-refractivity contribution in [3.8, 4) is 34.1 Å². The molecule has 0 radical (unpaired) electrons. The monoisotopic (exact) mass is 382 g/mol. The van der Waals surface area contributed by atoms with Crippen molar-refractivity contribution in [2.75, 3.05) is 21.3 Å². The van der Waals surface area contributed by atoms with E-state index in [0.29, 0.717) is 17.1 Å². The number of rotatable bonds is 6. The Bertz CT molecular complexity index is 986. The first-order valence-corrected chi connectivity index (χ1v) is 8.44. The molecule has 0 heterocycles. The van der Waals surface area contributed by atoms with Crippen LogP contribution in [0.1, 0.15) is 10.4 Å². The van der Waals surface area contributed by atoms with Gasteiger partial charge >= 0.3 is 5.97 Å². The second kappa shape index (κ2) is 8.43. The summed E-state index contributed by atoms with van der Waals surface area (Å²) in [4.78, 5) is 12.6. The van der Waals surface area contributed by atoms with Gasteiger partial charge in [-0.15, -0.1) is 0 Å². The van der Waals surface area contributed by atoms with Gasteiger partial charge in [-0.1, -0.05) is 36.4 Å². The minimum atomic E-state index is -0.774. The highest BCUT2D eigenvalue weighted by atomic mass is 19.1. The van der Waals surface area contributed by atoms with Crippen LogP contribution in [0.3, 0.4) is 0 Å². The highest BCUT2D eigenvalue weighted by Crippen LogP contribution is 2.35. The van der Waals surface area contributed by atoms with E-state index in [9.17, 15) is 9.18 Å². The lowest BCUT2D eigenvalue weighted by molar-refractivity contribution is 0.0724. The van der Waals surface area contributed by atoms with Crippen LogP contribution in [-0.2, 0) is 0 Å². The Morgan fingerprint density at radius 1 is 0.714 bits per heavy atom. The largest absolute Gasteiger partial charge is 0.496 e. The quantitative estimate of drug-likeness (QED) is 0.455. The maximum absolute atomic E-state index is 14.5. The smallest absolute Gasteiger partial charge is 0.347 e. The number of ether oxygens (including phenoxy) is 4. The average molecular weight is 382 g/mol. The minimum absolute atomic E-state index is 0.0895. The molecule has 3 rings (SSSR count). The molecular weight excluding hydrogens is 363 g/mol. The lowest BCUT2D eigenvalue weighted by atomic mass is 10.1. The molecule has 0 aliphatic carbocycles. The predicted molar refractivity (Wildman–Crippen MR) is 103 cm³/mol. The first-order chi connectivity index (χ1) is 13.6. The van der Waals surface area contributed by atoms with Crippen LogP contribution in [0, 0.1) is 5.82 Å². The predicted octanol–water partition coefficient (Wildman–Crippen LogP) is 4.74. The number of halogens is 1. The zero-order valence-corrected chi connectivity index (χ0v) is 15.7. The molecule has 0 amide bonds.